The molecule has 0 aliphatic rings. The van der Waals surface area contributed by atoms with E-state index in [-0.39, 0.29) is 12.8 Å². The highest BCUT2D eigenvalue weighted by molar-refractivity contribution is 6.04. The van der Waals surface area contributed by atoms with Gasteiger partial charge in [0.25, 0.3) is 0 Å². The number of carbonyl (C=O) groups is 3. The first-order chi connectivity index (χ1) is 12.4. The number of anilines is 1. The average Bonchev–Trinajstić information content (AvgIpc) is 2.58. The monoisotopic (exact) mass is 354 g/mol. The van der Waals surface area contributed by atoms with E-state index in [1.54, 1.807) is 36.4 Å². The van der Waals surface area contributed by atoms with Gasteiger partial charge in [0.2, 0.25) is 11.8 Å². The number of amides is 2. The van der Waals surface area contributed by atoms with Gasteiger partial charge in [0.15, 0.2) is 0 Å². The van der Waals surface area contributed by atoms with E-state index in [0.717, 1.165) is 11.1 Å². The minimum absolute atomic E-state index is 0.256. The molecule has 26 heavy (non-hydrogen) atoms. The molecule has 0 saturated carbocycles. The molecule has 2 aromatic rings. The van der Waals surface area contributed by atoms with Crippen LogP contribution in [0.15, 0.2) is 48.5 Å². The zero-order valence-corrected chi connectivity index (χ0v) is 14.8. The Balaban J connectivity index is 2.00. The van der Waals surface area contributed by atoms with Crippen LogP contribution in [-0.2, 0) is 14.4 Å². The van der Waals surface area contributed by atoms with Crippen molar-refractivity contribution in [1.29, 1.82) is 0 Å². The number of nitrogens with one attached hydrogen (secondary N) is 2. The number of rotatable bonds is 7. The summed E-state index contributed by atoms with van der Waals surface area (Å²) < 4.78 is 0. The van der Waals surface area contributed by atoms with E-state index in [0.29, 0.717) is 11.3 Å². The molecule has 1 atom stereocenters. The first-order valence-corrected chi connectivity index (χ1v) is 8.29. The molecule has 0 spiro atoms. The molecule has 2 amide bonds. The maximum Gasteiger partial charge on any atom is 0.305 e. The molecule has 0 aromatic heterocycles. The maximum absolute atomic E-state index is 12.2. The first kappa shape index (κ1) is 19.2. The molecule has 2 rings (SSSR count). The molecule has 136 valence electrons. The molecule has 2 aromatic carbocycles. The highest BCUT2D eigenvalue weighted by Gasteiger charge is 2.19. The van der Waals surface area contributed by atoms with Crippen molar-refractivity contribution >= 4 is 23.5 Å². The molecule has 1 unspecified atom stereocenters. The second-order valence-electron chi connectivity index (χ2n) is 6.10. The largest absolute Gasteiger partial charge is 0.481 e. The maximum atomic E-state index is 12.2. The van der Waals surface area contributed by atoms with Gasteiger partial charge in [-0.15, -0.1) is 0 Å². The Bertz CT molecular complexity index is 803. The Morgan fingerprint density at radius 2 is 1.65 bits per heavy atom. The van der Waals surface area contributed by atoms with Gasteiger partial charge < -0.3 is 15.7 Å². The lowest BCUT2D eigenvalue weighted by Gasteiger charge is -2.17. The Morgan fingerprint density at radius 1 is 0.962 bits per heavy atom. The number of benzene rings is 2. The number of aliphatic carboxylic acids is 1. The van der Waals surface area contributed by atoms with Crippen molar-refractivity contribution in [3.63, 3.8) is 0 Å². The second-order valence-corrected chi connectivity index (χ2v) is 6.10. The molecule has 0 aliphatic carbocycles. The van der Waals surface area contributed by atoms with E-state index < -0.39 is 23.8 Å². The smallest absolute Gasteiger partial charge is 0.305 e. The van der Waals surface area contributed by atoms with Gasteiger partial charge >= 0.3 is 5.97 Å². The topological polar surface area (TPSA) is 95.5 Å². The quantitative estimate of drug-likeness (QED) is 0.666. The molecule has 0 saturated heterocycles. The lowest BCUT2D eigenvalue weighted by molar-refractivity contribution is -0.137. The number of carboxylic acids is 1. The predicted molar refractivity (Wildman–Crippen MR) is 98.7 cm³/mol. The third kappa shape index (κ3) is 5.44. The normalized spacial score (nSPS) is 11.5. The van der Waals surface area contributed by atoms with E-state index in [2.05, 4.69) is 10.6 Å². The number of hydrogen-bond acceptors (Lipinski definition) is 3. The summed E-state index contributed by atoms with van der Waals surface area (Å²) >= 11 is 0. The predicted octanol–water partition coefficient (Wildman–Crippen LogP) is 2.96. The summed E-state index contributed by atoms with van der Waals surface area (Å²) in [6.45, 7) is 3.83. The summed E-state index contributed by atoms with van der Waals surface area (Å²) in [6, 6.07) is 13.7. The van der Waals surface area contributed by atoms with Gasteiger partial charge in [-0.3, -0.25) is 14.4 Å². The van der Waals surface area contributed by atoms with Crippen LogP contribution in [0.25, 0.3) is 0 Å². The molecule has 0 heterocycles. The lowest BCUT2D eigenvalue weighted by atomic mass is 10.0. The van der Waals surface area contributed by atoms with Crippen LogP contribution in [0.4, 0.5) is 5.69 Å². The molecule has 3 N–H and O–H groups in total. The number of hydrogen-bond donors (Lipinski definition) is 3. The summed E-state index contributed by atoms with van der Waals surface area (Å²) in [4.78, 5) is 35.4. The third-order valence-corrected chi connectivity index (χ3v) is 4.12. The highest BCUT2D eigenvalue weighted by atomic mass is 16.4. The summed E-state index contributed by atoms with van der Waals surface area (Å²) in [5.74, 6) is -2.00. The zero-order valence-electron chi connectivity index (χ0n) is 14.8. The van der Waals surface area contributed by atoms with E-state index in [1.807, 2.05) is 26.0 Å². The SMILES string of the molecule is Cc1cccc(NC(=O)CC(=O)NC(CC(=O)O)c2ccccc2)c1C. The molecular weight excluding hydrogens is 332 g/mol. The van der Waals surface area contributed by atoms with Crippen LogP contribution < -0.4 is 10.6 Å². The van der Waals surface area contributed by atoms with Crippen molar-refractivity contribution in [1.82, 2.24) is 5.32 Å². The molecule has 0 radical (unpaired) electrons. The Kier molecular flexibility index (Phi) is 6.49. The molecular formula is C20H22N2O4. The number of carboxylic acid groups (broad SMARTS) is 1. The zero-order chi connectivity index (χ0) is 19.1. The first-order valence-electron chi connectivity index (χ1n) is 8.29. The fourth-order valence-corrected chi connectivity index (χ4v) is 2.58. The van der Waals surface area contributed by atoms with Crippen LogP contribution in [0.5, 0.6) is 0 Å². The second kappa shape index (κ2) is 8.80. The van der Waals surface area contributed by atoms with E-state index in [1.165, 1.54) is 0 Å². The number of aryl methyl sites for hydroxylation is 1. The van der Waals surface area contributed by atoms with E-state index in [9.17, 15) is 14.4 Å². The minimum atomic E-state index is -1.03. The van der Waals surface area contributed by atoms with Crippen LogP contribution in [0.3, 0.4) is 0 Å². The number of carbonyl (C=O) groups excluding carboxylic acids is 2. The summed E-state index contributed by atoms with van der Waals surface area (Å²) in [5.41, 5.74) is 3.32. The Morgan fingerprint density at radius 3 is 2.31 bits per heavy atom. The van der Waals surface area contributed by atoms with Crippen LogP contribution in [0.2, 0.25) is 0 Å². The van der Waals surface area contributed by atoms with Crippen LogP contribution in [-0.4, -0.2) is 22.9 Å². The summed E-state index contributed by atoms with van der Waals surface area (Å²) in [6.07, 6.45) is -0.634. The highest BCUT2D eigenvalue weighted by Crippen LogP contribution is 2.19. The molecule has 0 aliphatic heterocycles. The van der Waals surface area contributed by atoms with Crippen LogP contribution >= 0.6 is 0 Å². The molecule has 0 fully saturated rings. The van der Waals surface area contributed by atoms with Crippen molar-refractivity contribution in [2.75, 3.05) is 5.32 Å². The lowest BCUT2D eigenvalue weighted by Crippen LogP contribution is -2.33. The van der Waals surface area contributed by atoms with Crippen molar-refractivity contribution < 1.29 is 19.5 Å². The van der Waals surface area contributed by atoms with Crippen LogP contribution in [0.1, 0.15) is 35.6 Å². The molecule has 0 bridgehead atoms. The van der Waals surface area contributed by atoms with E-state index >= 15 is 0 Å². The van der Waals surface area contributed by atoms with Gasteiger partial charge in [-0.2, -0.15) is 0 Å². The van der Waals surface area contributed by atoms with Crippen molar-refractivity contribution in [2.24, 2.45) is 0 Å². The van der Waals surface area contributed by atoms with Gasteiger partial charge in [0, 0.05) is 5.69 Å². The molecule has 6 heteroatoms. The Labute approximate surface area is 152 Å². The summed E-state index contributed by atoms with van der Waals surface area (Å²) in [7, 11) is 0. The standard InChI is InChI=1S/C20H22N2O4/c1-13-7-6-10-16(14(13)2)21-18(23)12-19(24)22-17(11-20(25)26)15-8-4-3-5-9-15/h3-10,17H,11-12H2,1-2H3,(H,21,23)(H,22,24)(H,25,26). The fourth-order valence-electron chi connectivity index (χ4n) is 2.58. The van der Waals surface area contributed by atoms with Gasteiger partial charge in [-0.25, -0.2) is 0 Å². The Hall–Kier alpha value is -3.15. The molecule has 6 nitrogen and oxygen atoms in total. The van der Waals surface area contributed by atoms with E-state index in [4.69, 9.17) is 5.11 Å². The van der Waals surface area contributed by atoms with Crippen molar-refractivity contribution in [2.45, 2.75) is 32.7 Å². The van der Waals surface area contributed by atoms with Crippen LogP contribution in [0, 0.1) is 13.8 Å². The van der Waals surface area contributed by atoms with Crippen molar-refractivity contribution in [3.8, 4) is 0 Å². The summed E-state index contributed by atoms with van der Waals surface area (Å²) in [5, 5.41) is 14.4. The minimum Gasteiger partial charge on any atom is -0.481 e. The van der Waals surface area contributed by atoms with Gasteiger partial charge in [0.05, 0.1) is 12.5 Å². The average molecular weight is 354 g/mol. The van der Waals surface area contributed by atoms with Gasteiger partial charge in [0.1, 0.15) is 6.42 Å². The van der Waals surface area contributed by atoms with Gasteiger partial charge in [-0.1, -0.05) is 42.5 Å². The van der Waals surface area contributed by atoms with Crippen molar-refractivity contribution in [3.05, 3.63) is 65.2 Å². The third-order valence-electron chi connectivity index (χ3n) is 4.12. The fraction of sp³-hybridized carbons (Fsp3) is 0.250. The van der Waals surface area contributed by atoms with Gasteiger partial charge in [-0.05, 0) is 36.6 Å².